The Bertz CT molecular complexity index is 1330. The molecule has 0 atom stereocenters. The molecule has 0 radical (unpaired) electrons. The molecule has 0 spiro atoms. The van der Waals surface area contributed by atoms with Crippen molar-refractivity contribution in [2.75, 3.05) is 36.4 Å². The van der Waals surface area contributed by atoms with Crippen LogP contribution < -0.4 is 10.2 Å². The van der Waals surface area contributed by atoms with Gasteiger partial charge in [-0.1, -0.05) is 23.7 Å². The van der Waals surface area contributed by atoms with Crippen LogP contribution in [-0.4, -0.2) is 51.2 Å². The molecule has 0 aliphatic carbocycles. The van der Waals surface area contributed by atoms with Crippen LogP contribution in [0.4, 0.5) is 11.4 Å². The van der Waals surface area contributed by atoms with E-state index in [1.165, 1.54) is 6.07 Å². The molecule has 5 rings (SSSR count). The number of carbonyl (C=O) groups is 1. The standard InChI is InChI=1S/C24H21ClN4O3S/c25-18-7-11-20(12-8-18)28-13-15-29(16-14-28)24(30)17-5-9-19(10-6-17)26-23-21-3-1-2-4-22(21)33(31,32)27-23/h1-12H,13-16H2,(H,26,27). The maximum Gasteiger partial charge on any atom is 0.285 e. The number of amidine groups is 1. The highest BCUT2D eigenvalue weighted by molar-refractivity contribution is 7.90. The predicted molar refractivity (Wildman–Crippen MR) is 130 cm³/mol. The van der Waals surface area contributed by atoms with E-state index in [2.05, 4.69) is 14.6 Å². The maximum absolute atomic E-state index is 13.0. The highest BCUT2D eigenvalue weighted by Gasteiger charge is 2.28. The van der Waals surface area contributed by atoms with Gasteiger partial charge in [-0.2, -0.15) is 8.42 Å². The number of amides is 1. The van der Waals surface area contributed by atoms with Crippen molar-refractivity contribution in [3.63, 3.8) is 0 Å². The Balaban J connectivity index is 1.23. The van der Waals surface area contributed by atoms with Crippen molar-refractivity contribution in [1.82, 2.24) is 4.90 Å². The average molecular weight is 481 g/mol. The number of hydrogen-bond acceptors (Lipinski definition) is 5. The van der Waals surface area contributed by atoms with Crippen LogP contribution in [0.3, 0.4) is 0 Å². The van der Waals surface area contributed by atoms with E-state index in [-0.39, 0.29) is 16.6 Å². The molecule has 0 unspecified atom stereocenters. The zero-order valence-corrected chi connectivity index (χ0v) is 19.2. The number of nitrogens with zero attached hydrogens (tertiary/aromatic N) is 3. The van der Waals surface area contributed by atoms with Gasteiger partial charge in [0.15, 0.2) is 5.84 Å². The molecule has 168 valence electrons. The monoisotopic (exact) mass is 480 g/mol. The Morgan fingerprint density at radius 2 is 1.55 bits per heavy atom. The molecule has 3 aromatic rings. The third-order valence-electron chi connectivity index (χ3n) is 5.78. The van der Waals surface area contributed by atoms with Crippen LogP contribution in [0.5, 0.6) is 0 Å². The van der Waals surface area contributed by atoms with Crippen LogP contribution in [0, 0.1) is 0 Å². The van der Waals surface area contributed by atoms with E-state index in [9.17, 15) is 13.2 Å². The Morgan fingerprint density at radius 3 is 2.24 bits per heavy atom. The molecule has 1 saturated heterocycles. The van der Waals surface area contributed by atoms with Crippen LogP contribution in [0.1, 0.15) is 15.9 Å². The van der Waals surface area contributed by atoms with Crippen LogP contribution in [-0.2, 0) is 10.0 Å². The molecule has 33 heavy (non-hydrogen) atoms. The highest BCUT2D eigenvalue weighted by Crippen LogP contribution is 2.27. The van der Waals surface area contributed by atoms with Gasteiger partial charge in [-0.3, -0.25) is 4.79 Å². The second-order valence-electron chi connectivity index (χ2n) is 7.87. The van der Waals surface area contributed by atoms with Gasteiger partial charge in [-0.15, -0.1) is 4.40 Å². The van der Waals surface area contributed by atoms with Gasteiger partial charge in [0, 0.05) is 53.7 Å². The minimum atomic E-state index is -3.68. The normalized spacial score (nSPS) is 16.8. The van der Waals surface area contributed by atoms with E-state index in [1.807, 2.05) is 29.2 Å². The van der Waals surface area contributed by atoms with Gasteiger partial charge in [0.05, 0.1) is 0 Å². The Morgan fingerprint density at radius 1 is 0.879 bits per heavy atom. The minimum Gasteiger partial charge on any atom is -0.368 e. The molecule has 0 bridgehead atoms. The fraction of sp³-hybridized carbons (Fsp3) is 0.167. The third kappa shape index (κ3) is 4.31. The summed E-state index contributed by atoms with van der Waals surface area (Å²) in [6.45, 7) is 2.77. The Kier molecular flexibility index (Phi) is 5.55. The number of piperazine rings is 1. The summed E-state index contributed by atoms with van der Waals surface area (Å²) in [5.74, 6) is 0.256. The molecule has 7 nitrogen and oxygen atoms in total. The van der Waals surface area contributed by atoms with Gasteiger partial charge in [-0.05, 0) is 60.7 Å². The minimum absolute atomic E-state index is 0.0246. The van der Waals surface area contributed by atoms with Gasteiger partial charge in [0.25, 0.3) is 15.9 Å². The summed E-state index contributed by atoms with van der Waals surface area (Å²) < 4.78 is 28.3. The molecule has 0 saturated carbocycles. The van der Waals surface area contributed by atoms with E-state index in [4.69, 9.17) is 11.6 Å². The second kappa shape index (κ2) is 8.53. The van der Waals surface area contributed by atoms with Crippen molar-refractivity contribution >= 4 is 44.7 Å². The number of fused-ring (bicyclic) bond motifs is 1. The molecule has 1 fully saturated rings. The van der Waals surface area contributed by atoms with Gasteiger partial charge in [0.1, 0.15) is 4.90 Å². The molecule has 1 N–H and O–H groups in total. The molecular weight excluding hydrogens is 460 g/mol. The Hall–Kier alpha value is -3.36. The highest BCUT2D eigenvalue weighted by atomic mass is 35.5. The van der Waals surface area contributed by atoms with Crippen molar-refractivity contribution in [2.24, 2.45) is 4.40 Å². The fourth-order valence-electron chi connectivity index (χ4n) is 4.03. The smallest absolute Gasteiger partial charge is 0.285 e. The first-order valence-corrected chi connectivity index (χ1v) is 12.3. The molecule has 2 aliphatic heterocycles. The molecule has 3 aromatic carbocycles. The number of rotatable bonds is 3. The zero-order chi connectivity index (χ0) is 23.0. The summed E-state index contributed by atoms with van der Waals surface area (Å²) in [5, 5.41) is 3.76. The molecule has 1 amide bonds. The summed E-state index contributed by atoms with van der Waals surface area (Å²) in [7, 11) is -3.68. The molecule has 0 aromatic heterocycles. The third-order valence-corrected chi connectivity index (χ3v) is 7.37. The van der Waals surface area contributed by atoms with Crippen molar-refractivity contribution in [3.8, 4) is 0 Å². The van der Waals surface area contributed by atoms with E-state index >= 15 is 0 Å². The molecule has 9 heteroatoms. The van der Waals surface area contributed by atoms with E-state index in [0.29, 0.717) is 34.9 Å². The first-order chi connectivity index (χ1) is 15.9. The van der Waals surface area contributed by atoms with Crippen LogP contribution in [0.2, 0.25) is 5.02 Å². The molecule has 2 aliphatic rings. The average Bonchev–Trinajstić information content (AvgIpc) is 3.09. The van der Waals surface area contributed by atoms with Gasteiger partial charge >= 0.3 is 0 Å². The number of nitrogens with one attached hydrogen (secondary N) is 1. The number of anilines is 2. The van der Waals surface area contributed by atoms with E-state index in [0.717, 1.165) is 18.8 Å². The summed E-state index contributed by atoms with van der Waals surface area (Å²) in [6.07, 6.45) is 0. The van der Waals surface area contributed by atoms with Crippen molar-refractivity contribution < 1.29 is 13.2 Å². The largest absolute Gasteiger partial charge is 0.368 e. The number of carbonyl (C=O) groups excluding carboxylic acids is 1. The Labute approximate surface area is 197 Å². The molecule has 2 heterocycles. The van der Waals surface area contributed by atoms with Crippen molar-refractivity contribution in [2.45, 2.75) is 4.90 Å². The van der Waals surface area contributed by atoms with Crippen LogP contribution in [0.25, 0.3) is 0 Å². The summed E-state index contributed by atoms with van der Waals surface area (Å²) in [6, 6.07) is 21.4. The first-order valence-electron chi connectivity index (χ1n) is 10.5. The van der Waals surface area contributed by atoms with Gasteiger partial charge < -0.3 is 15.1 Å². The lowest BCUT2D eigenvalue weighted by Crippen LogP contribution is -2.48. The predicted octanol–water partition coefficient (Wildman–Crippen LogP) is 3.86. The van der Waals surface area contributed by atoms with Gasteiger partial charge in [-0.25, -0.2) is 0 Å². The number of halogens is 1. The summed E-state index contributed by atoms with van der Waals surface area (Å²) in [4.78, 5) is 17.2. The molecular formula is C24H21ClN4O3S. The van der Waals surface area contributed by atoms with E-state index < -0.39 is 10.0 Å². The SMILES string of the molecule is O=C(c1ccc(NC2=NS(=O)(=O)c3ccccc32)cc1)N1CCN(c2ccc(Cl)cc2)CC1. The zero-order valence-electron chi connectivity index (χ0n) is 17.6. The van der Waals surface area contributed by atoms with Crippen LogP contribution >= 0.6 is 11.6 Å². The van der Waals surface area contributed by atoms with Crippen LogP contribution in [0.15, 0.2) is 82.1 Å². The topological polar surface area (TPSA) is 82.1 Å². The number of benzene rings is 3. The van der Waals surface area contributed by atoms with Crippen molar-refractivity contribution in [3.05, 3.63) is 88.9 Å². The maximum atomic E-state index is 13.0. The van der Waals surface area contributed by atoms with Crippen molar-refractivity contribution in [1.29, 1.82) is 0 Å². The fourth-order valence-corrected chi connectivity index (χ4v) is 5.33. The lowest BCUT2D eigenvalue weighted by atomic mass is 10.1. The lowest BCUT2D eigenvalue weighted by molar-refractivity contribution is 0.0747. The van der Waals surface area contributed by atoms with E-state index in [1.54, 1.807) is 42.5 Å². The number of sulfonamides is 1. The summed E-state index contributed by atoms with van der Waals surface area (Å²) in [5.41, 5.74) is 2.88. The summed E-state index contributed by atoms with van der Waals surface area (Å²) >= 11 is 5.97. The lowest BCUT2D eigenvalue weighted by Gasteiger charge is -2.36. The first kappa shape index (κ1) is 21.5. The van der Waals surface area contributed by atoms with Gasteiger partial charge in [0.2, 0.25) is 0 Å². The number of hydrogen-bond donors (Lipinski definition) is 1. The second-order valence-corrected chi connectivity index (χ2v) is 9.88. The quantitative estimate of drug-likeness (QED) is 0.615.